The van der Waals surface area contributed by atoms with Crippen LogP contribution >= 0.6 is 0 Å². The zero-order valence-corrected chi connectivity index (χ0v) is 12.5. The van der Waals surface area contributed by atoms with Gasteiger partial charge in [0.15, 0.2) is 0 Å². The summed E-state index contributed by atoms with van der Waals surface area (Å²) in [7, 11) is 0. The van der Waals surface area contributed by atoms with Crippen molar-refractivity contribution in [1.29, 1.82) is 0 Å². The van der Waals surface area contributed by atoms with Gasteiger partial charge in [0.2, 0.25) is 0 Å². The number of halogens is 3. The normalized spacial score (nSPS) is 12.8. The molecule has 0 aliphatic heterocycles. The van der Waals surface area contributed by atoms with Crippen LogP contribution in [0.1, 0.15) is 18.6 Å². The van der Waals surface area contributed by atoms with E-state index in [9.17, 15) is 18.3 Å². The highest BCUT2D eigenvalue weighted by molar-refractivity contribution is 6.02. The number of fused-ring (bicyclic) bond motifs is 2. The van der Waals surface area contributed by atoms with Gasteiger partial charge in [0.1, 0.15) is 6.61 Å². The lowest BCUT2D eigenvalue weighted by Gasteiger charge is -2.13. The summed E-state index contributed by atoms with van der Waals surface area (Å²) in [6.07, 6.45) is -4.86. The van der Waals surface area contributed by atoms with Gasteiger partial charge in [-0.1, -0.05) is 48.5 Å². The van der Waals surface area contributed by atoms with Crippen LogP contribution in [0, 0.1) is 0 Å². The number of aliphatic hydroxyl groups excluding tert-OH is 2. The molecule has 122 valence electrons. The SMILES string of the molecule is C[C@@H](O)c1c2ccccc2cc2ccccc12.OCC(F)(F)F. The third-order valence-electron chi connectivity index (χ3n) is 3.41. The molecule has 0 aliphatic carbocycles. The van der Waals surface area contributed by atoms with E-state index in [-0.39, 0.29) is 0 Å². The van der Waals surface area contributed by atoms with Crippen LogP contribution in [0.4, 0.5) is 13.2 Å². The van der Waals surface area contributed by atoms with E-state index in [4.69, 9.17) is 5.11 Å². The molecule has 0 unspecified atom stereocenters. The van der Waals surface area contributed by atoms with Crippen molar-refractivity contribution in [2.45, 2.75) is 19.2 Å². The molecule has 0 amide bonds. The van der Waals surface area contributed by atoms with E-state index >= 15 is 0 Å². The minimum atomic E-state index is -4.40. The van der Waals surface area contributed by atoms with Crippen LogP contribution < -0.4 is 0 Å². The molecule has 2 N–H and O–H groups in total. The number of hydrogen-bond acceptors (Lipinski definition) is 2. The molecule has 0 aromatic heterocycles. The molecule has 0 fully saturated rings. The lowest BCUT2D eigenvalue weighted by molar-refractivity contribution is -0.159. The van der Waals surface area contributed by atoms with Gasteiger partial charge in [-0.25, -0.2) is 0 Å². The van der Waals surface area contributed by atoms with Crippen molar-refractivity contribution in [1.82, 2.24) is 0 Å². The van der Waals surface area contributed by atoms with Crippen LogP contribution in [-0.4, -0.2) is 23.0 Å². The van der Waals surface area contributed by atoms with Gasteiger partial charge in [0, 0.05) is 0 Å². The molecule has 0 spiro atoms. The van der Waals surface area contributed by atoms with Gasteiger partial charge in [0.05, 0.1) is 6.10 Å². The van der Waals surface area contributed by atoms with Crippen LogP contribution in [0.15, 0.2) is 54.6 Å². The maximum absolute atomic E-state index is 10.5. The average Bonchev–Trinajstić information content (AvgIpc) is 2.52. The Morgan fingerprint density at radius 3 is 1.65 bits per heavy atom. The first-order chi connectivity index (χ1) is 10.8. The van der Waals surface area contributed by atoms with Crippen LogP contribution in [-0.2, 0) is 0 Å². The Kier molecular flexibility index (Phi) is 5.23. The van der Waals surface area contributed by atoms with E-state index in [1.54, 1.807) is 0 Å². The van der Waals surface area contributed by atoms with Gasteiger partial charge in [-0.2, -0.15) is 13.2 Å². The molecule has 0 saturated heterocycles. The second-order valence-corrected chi connectivity index (χ2v) is 5.18. The van der Waals surface area contributed by atoms with Crippen LogP contribution in [0.2, 0.25) is 0 Å². The van der Waals surface area contributed by atoms with E-state index in [2.05, 4.69) is 30.3 Å². The smallest absolute Gasteiger partial charge is 0.389 e. The molecule has 3 aromatic rings. The molecule has 0 aliphatic rings. The molecule has 2 nitrogen and oxygen atoms in total. The minimum absolute atomic E-state index is 0.453. The minimum Gasteiger partial charge on any atom is -0.389 e. The Bertz CT molecular complexity index is 741. The van der Waals surface area contributed by atoms with E-state index in [1.807, 2.05) is 31.2 Å². The summed E-state index contributed by atoms with van der Waals surface area (Å²) in [5.74, 6) is 0. The highest BCUT2D eigenvalue weighted by Crippen LogP contribution is 2.32. The molecular formula is C18H17F3O2. The summed E-state index contributed by atoms with van der Waals surface area (Å²) in [5.41, 5.74) is 1.03. The summed E-state index contributed by atoms with van der Waals surface area (Å²) >= 11 is 0. The third kappa shape index (κ3) is 4.21. The molecule has 3 aromatic carbocycles. The predicted octanol–water partition coefficient (Wildman–Crippen LogP) is 4.59. The highest BCUT2D eigenvalue weighted by atomic mass is 19.4. The second kappa shape index (κ2) is 6.98. The monoisotopic (exact) mass is 322 g/mol. The lowest BCUT2D eigenvalue weighted by atomic mass is 9.94. The molecule has 5 heteroatoms. The average molecular weight is 322 g/mol. The van der Waals surface area contributed by atoms with Gasteiger partial charge in [-0.15, -0.1) is 0 Å². The first kappa shape index (κ1) is 17.2. The summed E-state index contributed by atoms with van der Waals surface area (Å²) in [6, 6.07) is 18.6. The molecule has 23 heavy (non-hydrogen) atoms. The van der Waals surface area contributed by atoms with Crippen LogP contribution in [0.25, 0.3) is 21.5 Å². The van der Waals surface area contributed by atoms with Crippen molar-refractivity contribution < 1.29 is 23.4 Å². The molecular weight excluding hydrogens is 305 g/mol. The van der Waals surface area contributed by atoms with Crippen molar-refractivity contribution in [3.8, 4) is 0 Å². The zero-order valence-electron chi connectivity index (χ0n) is 12.5. The van der Waals surface area contributed by atoms with Crippen LogP contribution in [0.3, 0.4) is 0 Å². The van der Waals surface area contributed by atoms with E-state index in [1.165, 1.54) is 10.8 Å². The summed E-state index contributed by atoms with van der Waals surface area (Å²) in [5, 5.41) is 21.9. The second-order valence-electron chi connectivity index (χ2n) is 5.18. The molecule has 1 atom stereocenters. The maximum Gasteiger partial charge on any atom is 0.411 e. The van der Waals surface area contributed by atoms with Gasteiger partial charge in [-0.3, -0.25) is 0 Å². The topological polar surface area (TPSA) is 40.5 Å². The van der Waals surface area contributed by atoms with Gasteiger partial charge >= 0.3 is 6.18 Å². The number of alkyl halides is 3. The fourth-order valence-corrected chi connectivity index (χ4v) is 2.50. The quantitative estimate of drug-likeness (QED) is 0.644. The van der Waals surface area contributed by atoms with Gasteiger partial charge < -0.3 is 10.2 Å². The van der Waals surface area contributed by atoms with Crippen molar-refractivity contribution in [3.63, 3.8) is 0 Å². The van der Waals surface area contributed by atoms with E-state index in [0.717, 1.165) is 16.3 Å². The lowest BCUT2D eigenvalue weighted by Crippen LogP contribution is -2.12. The van der Waals surface area contributed by atoms with Gasteiger partial charge in [-0.05, 0) is 40.1 Å². The van der Waals surface area contributed by atoms with E-state index < -0.39 is 18.9 Å². The zero-order chi connectivity index (χ0) is 17.0. The van der Waals surface area contributed by atoms with Crippen molar-refractivity contribution in [2.24, 2.45) is 0 Å². The Morgan fingerprint density at radius 1 is 0.913 bits per heavy atom. The highest BCUT2D eigenvalue weighted by Gasteiger charge is 2.24. The summed E-state index contributed by atoms with van der Waals surface area (Å²) < 4.78 is 31.6. The summed E-state index contributed by atoms with van der Waals surface area (Å²) in [6.45, 7) is 0.0984. The first-order valence-corrected chi connectivity index (χ1v) is 7.09. The number of rotatable bonds is 1. The predicted molar refractivity (Wildman–Crippen MR) is 85.2 cm³/mol. The van der Waals surface area contributed by atoms with Gasteiger partial charge in [0.25, 0.3) is 0 Å². The third-order valence-corrected chi connectivity index (χ3v) is 3.41. The number of benzene rings is 3. The Labute approximate surface area is 131 Å². The van der Waals surface area contributed by atoms with Crippen molar-refractivity contribution in [2.75, 3.05) is 6.61 Å². The molecule has 0 saturated carbocycles. The van der Waals surface area contributed by atoms with Crippen molar-refractivity contribution >= 4 is 21.5 Å². The Hall–Kier alpha value is -2.11. The fourth-order valence-electron chi connectivity index (χ4n) is 2.50. The first-order valence-electron chi connectivity index (χ1n) is 7.09. The van der Waals surface area contributed by atoms with Crippen molar-refractivity contribution in [3.05, 3.63) is 60.2 Å². The number of hydrogen-bond donors (Lipinski definition) is 2. The summed E-state index contributed by atoms with van der Waals surface area (Å²) in [4.78, 5) is 0. The molecule has 0 bridgehead atoms. The molecule has 0 heterocycles. The number of aliphatic hydroxyl groups is 2. The van der Waals surface area contributed by atoms with Crippen LogP contribution in [0.5, 0.6) is 0 Å². The largest absolute Gasteiger partial charge is 0.411 e. The molecule has 0 radical (unpaired) electrons. The van der Waals surface area contributed by atoms with E-state index in [0.29, 0.717) is 0 Å². The maximum atomic E-state index is 10.5. The molecule has 3 rings (SSSR count). The Balaban J connectivity index is 0.000000277. The standard InChI is InChI=1S/C16H14O.C2H3F3O/c1-11(17)16-14-8-4-2-6-12(14)10-13-7-3-5-9-15(13)16;3-2(4,5)1-6/h2-11,17H,1H3;6H,1H2/t11-;/m1./s1. The Morgan fingerprint density at radius 2 is 1.30 bits per heavy atom. The fraction of sp³-hybridized carbons (Fsp3) is 0.222.